The molecular weight excluding hydrogens is 476 g/mol. The summed E-state index contributed by atoms with van der Waals surface area (Å²) in [5.41, 5.74) is 2.27. The summed E-state index contributed by atoms with van der Waals surface area (Å²) in [4.78, 5) is 44.4. The molecule has 0 unspecified atom stereocenters. The standard InChI is InChI=1S/C25H22N8O4/c34-24(20-6-4-18(5-7-20)14-30-10-8-26-16-30)27-9-11-32-23-22(13-29-32)25(35)31(17-28-23)15-19-2-1-3-21(12-19)33(36)37/h1-8,10,12-13,16-17H,9,11,14-15H2,(H,27,34). The van der Waals surface area contributed by atoms with Crippen LogP contribution in [0.4, 0.5) is 5.69 Å². The molecule has 1 N–H and O–H groups in total. The number of nitrogens with one attached hydrogen (secondary N) is 1. The maximum Gasteiger partial charge on any atom is 0.269 e. The normalized spacial score (nSPS) is 11.0. The molecule has 0 aliphatic rings. The second-order valence-corrected chi connectivity index (χ2v) is 8.40. The molecule has 2 aromatic carbocycles. The van der Waals surface area contributed by atoms with E-state index in [9.17, 15) is 19.7 Å². The average Bonchev–Trinajstić information content (AvgIpc) is 3.57. The maximum atomic E-state index is 12.9. The molecule has 0 spiro atoms. The first-order chi connectivity index (χ1) is 18.0. The fraction of sp³-hybridized carbons (Fsp3) is 0.160. The van der Waals surface area contributed by atoms with Crippen LogP contribution in [0, 0.1) is 10.1 Å². The van der Waals surface area contributed by atoms with Crippen LogP contribution in [0.2, 0.25) is 0 Å². The van der Waals surface area contributed by atoms with E-state index < -0.39 is 4.92 Å². The van der Waals surface area contributed by atoms with E-state index in [0.717, 1.165) is 5.56 Å². The van der Waals surface area contributed by atoms with E-state index in [1.807, 2.05) is 22.9 Å². The van der Waals surface area contributed by atoms with Gasteiger partial charge in [0.1, 0.15) is 11.7 Å². The molecule has 0 saturated carbocycles. The number of nitro benzene ring substituents is 1. The lowest BCUT2D eigenvalue weighted by molar-refractivity contribution is -0.384. The summed E-state index contributed by atoms with van der Waals surface area (Å²) in [6, 6.07) is 13.5. The minimum absolute atomic E-state index is 0.0418. The van der Waals surface area contributed by atoms with Crippen LogP contribution in [0.5, 0.6) is 0 Å². The number of fused-ring (bicyclic) bond motifs is 1. The van der Waals surface area contributed by atoms with Gasteiger partial charge in [-0.25, -0.2) is 14.6 Å². The Morgan fingerprint density at radius 3 is 2.65 bits per heavy atom. The van der Waals surface area contributed by atoms with Gasteiger partial charge in [0.2, 0.25) is 0 Å². The van der Waals surface area contributed by atoms with Crippen LogP contribution in [0.15, 0.2) is 84.6 Å². The molecule has 0 aliphatic carbocycles. The zero-order valence-corrected chi connectivity index (χ0v) is 19.6. The van der Waals surface area contributed by atoms with Gasteiger partial charge in [0.25, 0.3) is 17.2 Å². The Balaban J connectivity index is 1.21. The highest BCUT2D eigenvalue weighted by Gasteiger charge is 2.13. The number of carbonyl (C=O) groups excluding carboxylic acids is 1. The highest BCUT2D eigenvalue weighted by Crippen LogP contribution is 2.14. The van der Waals surface area contributed by atoms with Crippen molar-refractivity contribution in [2.45, 2.75) is 19.6 Å². The molecule has 0 aliphatic heterocycles. The zero-order chi connectivity index (χ0) is 25.8. The number of amides is 1. The van der Waals surface area contributed by atoms with Gasteiger partial charge >= 0.3 is 0 Å². The van der Waals surface area contributed by atoms with Crippen molar-refractivity contribution >= 4 is 22.6 Å². The SMILES string of the molecule is O=C(NCCn1ncc2c(=O)n(Cc3cccc([N+](=O)[O-])c3)cnc21)c1ccc(Cn2ccnc2)cc1. The number of hydrogen-bond donors (Lipinski definition) is 1. The summed E-state index contributed by atoms with van der Waals surface area (Å²) in [5.74, 6) is -0.210. The summed E-state index contributed by atoms with van der Waals surface area (Å²) in [7, 11) is 0. The topological polar surface area (TPSA) is 143 Å². The Kier molecular flexibility index (Phi) is 6.53. The summed E-state index contributed by atoms with van der Waals surface area (Å²) in [6.45, 7) is 1.44. The minimum Gasteiger partial charge on any atom is -0.350 e. The predicted molar refractivity (Wildman–Crippen MR) is 134 cm³/mol. The molecule has 0 saturated heterocycles. The van der Waals surface area contributed by atoms with Crippen molar-refractivity contribution in [1.82, 2.24) is 34.2 Å². The number of imidazole rings is 1. The molecule has 5 aromatic rings. The molecule has 3 aromatic heterocycles. The van der Waals surface area contributed by atoms with Crippen molar-refractivity contribution in [3.63, 3.8) is 0 Å². The van der Waals surface area contributed by atoms with Gasteiger partial charge in [-0.3, -0.25) is 24.3 Å². The third kappa shape index (κ3) is 5.27. The number of non-ortho nitro benzene ring substituents is 1. The van der Waals surface area contributed by atoms with Gasteiger partial charge in [0, 0.05) is 43.2 Å². The molecule has 5 rings (SSSR count). The molecule has 12 heteroatoms. The van der Waals surface area contributed by atoms with Crippen LogP contribution in [0.25, 0.3) is 11.0 Å². The zero-order valence-electron chi connectivity index (χ0n) is 19.6. The van der Waals surface area contributed by atoms with Gasteiger partial charge in [-0.1, -0.05) is 24.3 Å². The van der Waals surface area contributed by atoms with Gasteiger partial charge < -0.3 is 9.88 Å². The molecule has 3 heterocycles. The van der Waals surface area contributed by atoms with Gasteiger partial charge in [0.05, 0.1) is 30.5 Å². The van der Waals surface area contributed by atoms with Crippen LogP contribution >= 0.6 is 0 Å². The van der Waals surface area contributed by atoms with E-state index in [4.69, 9.17) is 0 Å². The summed E-state index contributed by atoms with van der Waals surface area (Å²) in [5, 5.41) is 18.4. The van der Waals surface area contributed by atoms with Crippen molar-refractivity contribution < 1.29 is 9.72 Å². The van der Waals surface area contributed by atoms with Crippen LogP contribution in [-0.4, -0.2) is 46.3 Å². The van der Waals surface area contributed by atoms with Crippen LogP contribution in [-0.2, 0) is 19.6 Å². The molecule has 186 valence electrons. The Bertz CT molecular complexity index is 1620. The smallest absolute Gasteiger partial charge is 0.269 e. The Labute approximate surface area is 210 Å². The lowest BCUT2D eigenvalue weighted by Crippen LogP contribution is -2.27. The molecule has 1 amide bonds. The lowest BCUT2D eigenvalue weighted by atomic mass is 10.1. The van der Waals surface area contributed by atoms with E-state index in [0.29, 0.717) is 41.8 Å². The number of nitrogens with zero attached hydrogens (tertiary/aromatic N) is 7. The fourth-order valence-corrected chi connectivity index (χ4v) is 3.97. The summed E-state index contributed by atoms with van der Waals surface area (Å²) >= 11 is 0. The van der Waals surface area contributed by atoms with Gasteiger partial charge in [-0.2, -0.15) is 5.10 Å². The number of rotatable bonds is 9. The molecule has 12 nitrogen and oxygen atoms in total. The van der Waals surface area contributed by atoms with Crippen molar-refractivity contribution in [1.29, 1.82) is 0 Å². The highest BCUT2D eigenvalue weighted by atomic mass is 16.6. The Morgan fingerprint density at radius 2 is 1.89 bits per heavy atom. The first kappa shape index (κ1) is 23.6. The number of benzene rings is 2. The van der Waals surface area contributed by atoms with Gasteiger partial charge in [0.15, 0.2) is 5.65 Å². The fourth-order valence-electron chi connectivity index (χ4n) is 3.97. The largest absolute Gasteiger partial charge is 0.350 e. The van der Waals surface area contributed by atoms with Crippen LogP contribution < -0.4 is 10.9 Å². The van der Waals surface area contributed by atoms with Crippen molar-refractivity contribution in [3.8, 4) is 0 Å². The second-order valence-electron chi connectivity index (χ2n) is 8.40. The molecule has 0 radical (unpaired) electrons. The van der Waals surface area contributed by atoms with Crippen LogP contribution in [0.1, 0.15) is 21.5 Å². The average molecular weight is 499 g/mol. The summed E-state index contributed by atoms with van der Waals surface area (Å²) in [6.07, 6.45) is 8.17. The Morgan fingerprint density at radius 1 is 1.05 bits per heavy atom. The quantitative estimate of drug-likeness (QED) is 0.242. The molecule has 37 heavy (non-hydrogen) atoms. The van der Waals surface area contributed by atoms with Crippen molar-refractivity contribution in [3.05, 3.63) is 117 Å². The number of aromatic nitrogens is 6. The molecule has 0 atom stereocenters. The first-order valence-corrected chi connectivity index (χ1v) is 11.4. The minimum atomic E-state index is -0.478. The van der Waals surface area contributed by atoms with Crippen molar-refractivity contribution in [2.24, 2.45) is 0 Å². The third-order valence-electron chi connectivity index (χ3n) is 5.85. The maximum absolute atomic E-state index is 12.9. The third-order valence-corrected chi connectivity index (χ3v) is 5.85. The molecule has 0 fully saturated rings. The van der Waals surface area contributed by atoms with Crippen molar-refractivity contribution in [2.75, 3.05) is 6.54 Å². The Hall–Kier alpha value is -5.13. The van der Waals surface area contributed by atoms with E-state index in [-0.39, 0.29) is 23.7 Å². The van der Waals surface area contributed by atoms with E-state index >= 15 is 0 Å². The summed E-state index contributed by atoms with van der Waals surface area (Å²) < 4.78 is 4.88. The van der Waals surface area contributed by atoms with Gasteiger partial charge in [-0.05, 0) is 23.3 Å². The lowest BCUT2D eigenvalue weighted by Gasteiger charge is -2.08. The second kappa shape index (κ2) is 10.2. The predicted octanol–water partition coefficient (Wildman–Crippen LogP) is 2.22. The number of nitro groups is 1. The highest BCUT2D eigenvalue weighted by molar-refractivity contribution is 5.94. The first-order valence-electron chi connectivity index (χ1n) is 11.4. The molecule has 0 bridgehead atoms. The molecular formula is C25H22N8O4. The van der Waals surface area contributed by atoms with E-state index in [2.05, 4.69) is 20.4 Å². The number of carbonyl (C=O) groups is 1. The van der Waals surface area contributed by atoms with E-state index in [1.165, 1.54) is 29.2 Å². The number of hydrogen-bond acceptors (Lipinski definition) is 7. The monoisotopic (exact) mass is 498 g/mol. The van der Waals surface area contributed by atoms with E-state index in [1.54, 1.807) is 41.5 Å². The van der Waals surface area contributed by atoms with Gasteiger partial charge in [-0.15, -0.1) is 0 Å². The van der Waals surface area contributed by atoms with Crippen LogP contribution in [0.3, 0.4) is 0 Å².